The molecule has 0 amide bonds. The van der Waals surface area contributed by atoms with Crippen LogP contribution in [0, 0.1) is 11.8 Å². The molecule has 114 valence electrons. The Labute approximate surface area is 125 Å². The van der Waals surface area contributed by atoms with Crippen molar-refractivity contribution < 1.29 is 14.6 Å². The number of ether oxygens (including phenoxy) is 1. The molecule has 1 aromatic carbocycles. The molecule has 21 heavy (non-hydrogen) atoms. The molecular formula is C17H23NO3. The van der Waals surface area contributed by atoms with Crippen LogP contribution in [0.25, 0.3) is 0 Å². The van der Waals surface area contributed by atoms with E-state index >= 15 is 0 Å². The van der Waals surface area contributed by atoms with E-state index in [4.69, 9.17) is 4.74 Å². The summed E-state index contributed by atoms with van der Waals surface area (Å²) in [5, 5.41) is 9.28. The van der Waals surface area contributed by atoms with Crippen LogP contribution in [-0.4, -0.2) is 30.8 Å². The summed E-state index contributed by atoms with van der Waals surface area (Å²) in [7, 11) is 0. The third-order valence-electron chi connectivity index (χ3n) is 4.70. The average molecular weight is 289 g/mol. The van der Waals surface area contributed by atoms with Gasteiger partial charge in [0.2, 0.25) is 0 Å². The number of fused-ring (bicyclic) bond motifs is 1. The molecule has 4 heteroatoms. The van der Waals surface area contributed by atoms with Crippen molar-refractivity contribution in [3.8, 4) is 5.75 Å². The summed E-state index contributed by atoms with van der Waals surface area (Å²) in [5.74, 6) is 1.16. The standard InChI is InChI=1S/C17H23NO3/c1-12-4-2-5-13(10-12)11-18-8-9-21-16-14(17(19)20)6-3-7-15(16)18/h3,6-7,12-13H,2,4-5,8-11H2,1H3,(H,19,20). The van der Waals surface area contributed by atoms with Gasteiger partial charge in [0.15, 0.2) is 5.75 Å². The van der Waals surface area contributed by atoms with E-state index in [2.05, 4.69) is 11.8 Å². The molecule has 1 fully saturated rings. The van der Waals surface area contributed by atoms with E-state index in [9.17, 15) is 9.90 Å². The maximum Gasteiger partial charge on any atom is 0.339 e. The van der Waals surface area contributed by atoms with E-state index < -0.39 is 5.97 Å². The summed E-state index contributed by atoms with van der Waals surface area (Å²) in [6, 6.07) is 5.41. The lowest BCUT2D eigenvalue weighted by atomic mass is 9.82. The molecule has 2 atom stereocenters. The lowest BCUT2D eigenvalue weighted by Gasteiger charge is -2.36. The van der Waals surface area contributed by atoms with Gasteiger partial charge in [0.1, 0.15) is 12.2 Å². The largest absolute Gasteiger partial charge is 0.489 e. The number of carboxylic acids is 1. The summed E-state index contributed by atoms with van der Waals surface area (Å²) in [4.78, 5) is 13.6. The number of para-hydroxylation sites is 1. The zero-order valence-electron chi connectivity index (χ0n) is 12.5. The van der Waals surface area contributed by atoms with Crippen LogP contribution < -0.4 is 9.64 Å². The van der Waals surface area contributed by atoms with Crippen LogP contribution in [0.2, 0.25) is 0 Å². The van der Waals surface area contributed by atoms with Crippen molar-refractivity contribution in [1.29, 1.82) is 0 Å². The van der Waals surface area contributed by atoms with Gasteiger partial charge in [-0.1, -0.05) is 25.8 Å². The zero-order chi connectivity index (χ0) is 14.8. The van der Waals surface area contributed by atoms with Crippen molar-refractivity contribution in [2.24, 2.45) is 11.8 Å². The van der Waals surface area contributed by atoms with E-state index in [0.29, 0.717) is 18.3 Å². The van der Waals surface area contributed by atoms with Crippen LogP contribution >= 0.6 is 0 Å². The Morgan fingerprint density at radius 2 is 2.29 bits per heavy atom. The molecule has 1 aliphatic carbocycles. The molecule has 0 radical (unpaired) electrons. The first-order valence-corrected chi connectivity index (χ1v) is 7.89. The fraction of sp³-hybridized carbons (Fsp3) is 0.588. The van der Waals surface area contributed by atoms with Gasteiger partial charge in [-0.05, 0) is 36.8 Å². The van der Waals surface area contributed by atoms with Crippen molar-refractivity contribution in [3.63, 3.8) is 0 Å². The Kier molecular flexibility index (Phi) is 4.04. The highest BCUT2D eigenvalue weighted by Crippen LogP contribution is 2.37. The molecule has 1 heterocycles. The summed E-state index contributed by atoms with van der Waals surface area (Å²) < 4.78 is 5.63. The Morgan fingerprint density at radius 1 is 1.43 bits per heavy atom. The fourth-order valence-electron chi connectivity index (χ4n) is 3.70. The lowest BCUT2D eigenvalue weighted by molar-refractivity contribution is 0.0692. The highest BCUT2D eigenvalue weighted by Gasteiger charge is 2.27. The molecule has 0 aromatic heterocycles. The summed E-state index contributed by atoms with van der Waals surface area (Å²) >= 11 is 0. The number of hydrogen-bond donors (Lipinski definition) is 1. The van der Waals surface area contributed by atoms with Gasteiger partial charge in [-0.15, -0.1) is 0 Å². The van der Waals surface area contributed by atoms with Crippen molar-refractivity contribution in [3.05, 3.63) is 23.8 Å². The quantitative estimate of drug-likeness (QED) is 0.926. The van der Waals surface area contributed by atoms with Crippen LogP contribution in [0.15, 0.2) is 18.2 Å². The van der Waals surface area contributed by atoms with Gasteiger partial charge < -0.3 is 14.7 Å². The van der Waals surface area contributed by atoms with Gasteiger partial charge >= 0.3 is 5.97 Å². The van der Waals surface area contributed by atoms with Crippen molar-refractivity contribution in [2.45, 2.75) is 32.6 Å². The SMILES string of the molecule is CC1CCCC(CN2CCOc3c(C(=O)O)cccc32)C1. The maximum absolute atomic E-state index is 11.3. The molecule has 2 unspecified atom stereocenters. The second-order valence-electron chi connectivity index (χ2n) is 6.39. The minimum Gasteiger partial charge on any atom is -0.489 e. The smallest absolute Gasteiger partial charge is 0.339 e. The molecular weight excluding hydrogens is 266 g/mol. The molecule has 2 aliphatic rings. The number of benzene rings is 1. The second-order valence-corrected chi connectivity index (χ2v) is 6.39. The van der Waals surface area contributed by atoms with Gasteiger partial charge in [-0.3, -0.25) is 0 Å². The monoisotopic (exact) mass is 289 g/mol. The van der Waals surface area contributed by atoms with E-state index in [1.54, 1.807) is 6.07 Å². The number of hydrogen-bond acceptors (Lipinski definition) is 3. The van der Waals surface area contributed by atoms with Gasteiger partial charge in [0.05, 0.1) is 12.2 Å². The molecule has 0 spiro atoms. The van der Waals surface area contributed by atoms with Crippen LogP contribution in [0.4, 0.5) is 5.69 Å². The Morgan fingerprint density at radius 3 is 3.05 bits per heavy atom. The van der Waals surface area contributed by atoms with E-state index in [1.807, 2.05) is 12.1 Å². The Hall–Kier alpha value is -1.71. The van der Waals surface area contributed by atoms with E-state index in [-0.39, 0.29) is 5.56 Å². The summed E-state index contributed by atoms with van der Waals surface area (Å²) in [6.45, 7) is 4.77. The number of anilines is 1. The number of rotatable bonds is 3. The van der Waals surface area contributed by atoms with Gasteiger partial charge in [0, 0.05) is 6.54 Å². The summed E-state index contributed by atoms with van der Waals surface area (Å²) in [6.07, 6.45) is 5.23. The Balaban J connectivity index is 1.80. The molecule has 4 nitrogen and oxygen atoms in total. The predicted octanol–water partition coefficient (Wildman–Crippen LogP) is 3.41. The van der Waals surface area contributed by atoms with Crippen LogP contribution in [0.5, 0.6) is 5.75 Å². The number of aromatic carboxylic acids is 1. The normalized spacial score (nSPS) is 25.1. The van der Waals surface area contributed by atoms with Crippen molar-refractivity contribution in [2.75, 3.05) is 24.6 Å². The molecule has 1 aliphatic heterocycles. The van der Waals surface area contributed by atoms with Gasteiger partial charge in [-0.2, -0.15) is 0 Å². The first-order chi connectivity index (χ1) is 10.1. The minimum absolute atomic E-state index is 0.272. The molecule has 0 bridgehead atoms. The molecule has 1 aromatic rings. The maximum atomic E-state index is 11.3. The first-order valence-electron chi connectivity index (χ1n) is 7.89. The molecule has 1 N–H and O–H groups in total. The average Bonchev–Trinajstić information content (AvgIpc) is 2.47. The molecule has 3 rings (SSSR count). The van der Waals surface area contributed by atoms with Crippen molar-refractivity contribution in [1.82, 2.24) is 0 Å². The third kappa shape index (κ3) is 2.99. The highest BCUT2D eigenvalue weighted by atomic mass is 16.5. The third-order valence-corrected chi connectivity index (χ3v) is 4.70. The van der Waals surface area contributed by atoms with Crippen LogP contribution in [0.1, 0.15) is 43.0 Å². The predicted molar refractivity (Wildman–Crippen MR) is 82.2 cm³/mol. The van der Waals surface area contributed by atoms with Gasteiger partial charge in [-0.25, -0.2) is 4.79 Å². The summed E-state index contributed by atoms with van der Waals surface area (Å²) in [5.41, 5.74) is 1.22. The van der Waals surface area contributed by atoms with Crippen LogP contribution in [0.3, 0.4) is 0 Å². The molecule has 1 saturated carbocycles. The van der Waals surface area contributed by atoms with Gasteiger partial charge in [0.25, 0.3) is 0 Å². The molecule has 0 saturated heterocycles. The second kappa shape index (κ2) is 5.96. The first kappa shape index (κ1) is 14.2. The number of nitrogens with zero attached hydrogens (tertiary/aromatic N) is 1. The topological polar surface area (TPSA) is 49.8 Å². The highest BCUT2D eigenvalue weighted by molar-refractivity contribution is 5.93. The number of carbonyl (C=O) groups is 1. The van der Waals surface area contributed by atoms with E-state index in [1.165, 1.54) is 25.7 Å². The minimum atomic E-state index is -0.917. The van der Waals surface area contributed by atoms with E-state index in [0.717, 1.165) is 24.7 Å². The van der Waals surface area contributed by atoms with Crippen LogP contribution in [-0.2, 0) is 0 Å². The van der Waals surface area contributed by atoms with Crippen molar-refractivity contribution >= 4 is 11.7 Å². The number of carboxylic acid groups (broad SMARTS) is 1. The fourth-order valence-corrected chi connectivity index (χ4v) is 3.70. The Bertz CT molecular complexity index is 529. The zero-order valence-corrected chi connectivity index (χ0v) is 12.5. The lowest BCUT2D eigenvalue weighted by Crippen LogP contribution is -2.38.